The maximum absolute atomic E-state index is 12.4. The number of carboxylic acid groups (broad SMARTS) is 1. The maximum atomic E-state index is 12.4. The number of aromatic carboxylic acids is 1. The van der Waals surface area contributed by atoms with E-state index in [4.69, 9.17) is 16.3 Å². The van der Waals surface area contributed by atoms with Gasteiger partial charge in [0.1, 0.15) is 11.3 Å². The molecule has 1 aliphatic rings. The zero-order valence-electron chi connectivity index (χ0n) is 21.9. The first-order valence-electron chi connectivity index (χ1n) is 12.1. The molecule has 2 heterocycles. The number of halogens is 7. The third-order valence-corrected chi connectivity index (χ3v) is 6.14. The SMILES string of the molecule is CN1CCN(c2ncc(C(=O)O)c(Oc3ccccc3Cl)n2)CC1.CNCc1cc(C(F)(F)F)cc(C(F)(F)F)c1. The Morgan fingerprint density at radius 3 is 2.12 bits per heavy atom. The van der Waals surface area contributed by atoms with Gasteiger partial charge >= 0.3 is 18.3 Å². The van der Waals surface area contributed by atoms with Crippen LogP contribution in [0.4, 0.5) is 32.3 Å². The van der Waals surface area contributed by atoms with Gasteiger partial charge in [-0.2, -0.15) is 31.3 Å². The lowest BCUT2D eigenvalue weighted by atomic mass is 10.0. The van der Waals surface area contributed by atoms with Crippen molar-refractivity contribution in [3.8, 4) is 11.6 Å². The van der Waals surface area contributed by atoms with E-state index in [0.29, 0.717) is 28.9 Å². The molecule has 2 N–H and O–H groups in total. The van der Waals surface area contributed by atoms with Crippen LogP contribution < -0.4 is 15.0 Å². The van der Waals surface area contributed by atoms with Crippen LogP contribution in [0.3, 0.4) is 0 Å². The molecule has 2 aromatic carbocycles. The first-order chi connectivity index (χ1) is 19.2. The number of anilines is 1. The molecular weight excluding hydrogens is 580 g/mol. The van der Waals surface area contributed by atoms with E-state index in [1.54, 1.807) is 24.3 Å². The summed E-state index contributed by atoms with van der Waals surface area (Å²) in [7, 11) is 3.49. The number of piperazine rings is 1. The number of carboxylic acids is 1. The van der Waals surface area contributed by atoms with Crippen LogP contribution in [-0.2, 0) is 18.9 Å². The zero-order valence-corrected chi connectivity index (χ0v) is 22.6. The normalized spacial score (nSPS) is 14.3. The molecule has 0 bridgehead atoms. The summed E-state index contributed by atoms with van der Waals surface area (Å²) in [4.78, 5) is 24.1. The average Bonchev–Trinajstić information content (AvgIpc) is 2.90. The zero-order chi connectivity index (χ0) is 30.4. The van der Waals surface area contributed by atoms with Gasteiger partial charge in [-0.3, -0.25) is 0 Å². The lowest BCUT2D eigenvalue weighted by molar-refractivity contribution is -0.143. The van der Waals surface area contributed by atoms with Crippen LogP contribution in [0, 0.1) is 0 Å². The summed E-state index contributed by atoms with van der Waals surface area (Å²) in [5.41, 5.74) is -2.75. The van der Waals surface area contributed by atoms with Gasteiger partial charge in [0, 0.05) is 32.7 Å². The standard InChI is InChI=1S/C16H17ClN4O3.C10H9F6N/c1-20-6-8-21(9-7-20)16-18-10-11(15(22)23)14(19-16)24-13-5-3-2-4-12(13)17;1-17-5-6-2-7(9(11,12)13)4-8(3-6)10(14,15)16/h2-5,10H,6-9H2,1H3,(H,22,23);2-4,17H,5H2,1H3. The number of para-hydroxylation sites is 1. The Morgan fingerprint density at radius 1 is 1.02 bits per heavy atom. The smallest absolute Gasteiger partial charge is 0.416 e. The van der Waals surface area contributed by atoms with E-state index in [0.717, 1.165) is 26.2 Å². The molecule has 1 aliphatic heterocycles. The number of aromatic nitrogens is 2. The number of ether oxygens (including phenoxy) is 1. The van der Waals surface area contributed by atoms with Gasteiger partial charge < -0.3 is 25.0 Å². The highest BCUT2D eigenvalue weighted by Gasteiger charge is 2.36. The van der Waals surface area contributed by atoms with Gasteiger partial charge in [0.25, 0.3) is 0 Å². The molecule has 0 saturated carbocycles. The van der Waals surface area contributed by atoms with Crippen molar-refractivity contribution in [2.75, 3.05) is 45.2 Å². The Bertz CT molecular complexity index is 1320. The number of alkyl halides is 6. The summed E-state index contributed by atoms with van der Waals surface area (Å²) in [6, 6.07) is 8.36. The van der Waals surface area contributed by atoms with Crippen LogP contribution in [0.1, 0.15) is 27.0 Å². The molecule has 1 fully saturated rings. The maximum Gasteiger partial charge on any atom is 0.416 e. The lowest BCUT2D eigenvalue weighted by Gasteiger charge is -2.32. The number of likely N-dealkylation sites (N-methyl/N-ethyl adjacent to an activating group) is 1. The quantitative estimate of drug-likeness (QED) is 0.340. The minimum absolute atomic E-state index is 0.0143. The molecular formula is C26H26ClF6N5O3. The number of benzene rings is 2. The van der Waals surface area contributed by atoms with Crippen molar-refractivity contribution in [2.24, 2.45) is 0 Å². The van der Waals surface area contributed by atoms with Gasteiger partial charge in [-0.1, -0.05) is 23.7 Å². The Labute approximate surface area is 236 Å². The van der Waals surface area contributed by atoms with E-state index < -0.39 is 29.4 Å². The topological polar surface area (TPSA) is 90.8 Å². The number of nitrogens with zero attached hydrogens (tertiary/aromatic N) is 4. The molecule has 222 valence electrons. The Hall–Kier alpha value is -3.62. The molecule has 15 heteroatoms. The third-order valence-electron chi connectivity index (χ3n) is 5.83. The number of nitrogens with one attached hydrogen (secondary N) is 1. The van der Waals surface area contributed by atoms with Crippen LogP contribution >= 0.6 is 11.6 Å². The van der Waals surface area contributed by atoms with E-state index in [1.165, 1.54) is 13.2 Å². The third kappa shape index (κ3) is 8.93. The fourth-order valence-electron chi connectivity index (χ4n) is 3.70. The number of rotatable bonds is 6. The molecule has 0 unspecified atom stereocenters. The van der Waals surface area contributed by atoms with E-state index in [9.17, 15) is 36.2 Å². The molecule has 3 aromatic rings. The monoisotopic (exact) mass is 605 g/mol. The minimum Gasteiger partial charge on any atom is -0.477 e. The van der Waals surface area contributed by atoms with Crippen molar-refractivity contribution in [3.05, 3.63) is 75.9 Å². The second-order valence-electron chi connectivity index (χ2n) is 8.96. The van der Waals surface area contributed by atoms with Crippen LogP contribution in [0.25, 0.3) is 0 Å². The first kappa shape index (κ1) is 31.9. The molecule has 1 aromatic heterocycles. The summed E-state index contributed by atoms with van der Waals surface area (Å²) in [5.74, 6) is -0.360. The van der Waals surface area contributed by atoms with E-state index in [1.807, 2.05) is 4.90 Å². The van der Waals surface area contributed by atoms with Crippen LogP contribution in [0.2, 0.25) is 5.02 Å². The summed E-state index contributed by atoms with van der Waals surface area (Å²) in [6.45, 7) is 3.27. The molecule has 0 radical (unpaired) electrons. The van der Waals surface area contributed by atoms with E-state index >= 15 is 0 Å². The minimum atomic E-state index is -4.79. The van der Waals surface area contributed by atoms with Gasteiger partial charge in [0.15, 0.2) is 0 Å². The van der Waals surface area contributed by atoms with E-state index in [-0.39, 0.29) is 29.6 Å². The van der Waals surface area contributed by atoms with Crippen LogP contribution in [0.5, 0.6) is 11.6 Å². The van der Waals surface area contributed by atoms with Gasteiger partial charge in [-0.05, 0) is 50.0 Å². The van der Waals surface area contributed by atoms with Crippen molar-refractivity contribution in [2.45, 2.75) is 18.9 Å². The van der Waals surface area contributed by atoms with Gasteiger partial charge in [0.2, 0.25) is 11.8 Å². The lowest BCUT2D eigenvalue weighted by Crippen LogP contribution is -2.45. The number of hydrogen-bond donors (Lipinski definition) is 2. The molecule has 4 rings (SSSR count). The highest BCUT2D eigenvalue weighted by atomic mass is 35.5. The second kappa shape index (κ2) is 13.4. The predicted octanol–water partition coefficient (Wildman–Crippen LogP) is 5.82. The van der Waals surface area contributed by atoms with Crippen molar-refractivity contribution >= 4 is 23.5 Å². The van der Waals surface area contributed by atoms with Crippen molar-refractivity contribution < 1.29 is 41.0 Å². The summed E-state index contributed by atoms with van der Waals surface area (Å²) in [6.07, 6.45) is -8.30. The summed E-state index contributed by atoms with van der Waals surface area (Å²) < 4.78 is 80.0. The summed E-state index contributed by atoms with van der Waals surface area (Å²) >= 11 is 6.08. The fraction of sp³-hybridized carbons (Fsp3) is 0.346. The Kier molecular flexibility index (Phi) is 10.4. The molecule has 41 heavy (non-hydrogen) atoms. The predicted molar refractivity (Wildman–Crippen MR) is 139 cm³/mol. The second-order valence-corrected chi connectivity index (χ2v) is 9.37. The molecule has 0 aliphatic carbocycles. The van der Waals surface area contributed by atoms with Crippen molar-refractivity contribution in [1.82, 2.24) is 20.2 Å². The fourth-order valence-corrected chi connectivity index (χ4v) is 3.87. The Balaban J connectivity index is 0.000000241. The largest absolute Gasteiger partial charge is 0.477 e. The summed E-state index contributed by atoms with van der Waals surface area (Å²) in [5, 5.41) is 12.2. The highest BCUT2D eigenvalue weighted by molar-refractivity contribution is 6.32. The van der Waals surface area contributed by atoms with Crippen LogP contribution in [-0.4, -0.2) is 66.2 Å². The molecule has 8 nitrogen and oxygen atoms in total. The van der Waals surface area contributed by atoms with Crippen molar-refractivity contribution in [1.29, 1.82) is 0 Å². The van der Waals surface area contributed by atoms with E-state index in [2.05, 4.69) is 27.2 Å². The number of carbonyl (C=O) groups is 1. The Morgan fingerprint density at radius 2 is 1.61 bits per heavy atom. The molecule has 0 amide bonds. The van der Waals surface area contributed by atoms with Gasteiger partial charge in [0.05, 0.1) is 22.3 Å². The highest BCUT2D eigenvalue weighted by Crippen LogP contribution is 2.36. The van der Waals surface area contributed by atoms with Crippen molar-refractivity contribution in [3.63, 3.8) is 0 Å². The van der Waals surface area contributed by atoms with Gasteiger partial charge in [-0.15, -0.1) is 0 Å². The average molecular weight is 606 g/mol. The molecule has 0 atom stereocenters. The molecule has 1 saturated heterocycles. The van der Waals surface area contributed by atoms with Crippen LogP contribution in [0.15, 0.2) is 48.7 Å². The number of hydrogen-bond acceptors (Lipinski definition) is 7. The van der Waals surface area contributed by atoms with Gasteiger partial charge in [-0.25, -0.2) is 9.78 Å². The molecule has 0 spiro atoms. The first-order valence-corrected chi connectivity index (χ1v) is 12.5.